The van der Waals surface area contributed by atoms with Crippen LogP contribution in [0.25, 0.3) is 0 Å². The summed E-state index contributed by atoms with van der Waals surface area (Å²) in [7, 11) is 0. The van der Waals surface area contributed by atoms with Crippen molar-refractivity contribution in [1.82, 2.24) is 15.8 Å². The summed E-state index contributed by atoms with van der Waals surface area (Å²) in [4.78, 5) is 37.1. The molecule has 0 fully saturated rings. The van der Waals surface area contributed by atoms with Crippen molar-refractivity contribution in [2.75, 3.05) is 11.9 Å². The lowest BCUT2D eigenvalue weighted by atomic mass is 10.1. The number of rotatable bonds is 4. The average molecular weight is 382 g/mol. The fourth-order valence-electron chi connectivity index (χ4n) is 2.44. The molecule has 0 unspecified atom stereocenters. The van der Waals surface area contributed by atoms with Gasteiger partial charge in [0.05, 0.1) is 5.54 Å². The second-order valence-electron chi connectivity index (χ2n) is 7.18. The number of nitrogens with zero attached hydrogens (tertiary/aromatic N) is 1. The number of hydrogen-bond acceptors (Lipinski definition) is 3. The predicted molar refractivity (Wildman–Crippen MR) is 109 cm³/mol. The van der Waals surface area contributed by atoms with Gasteiger partial charge in [0, 0.05) is 23.4 Å². The van der Waals surface area contributed by atoms with Crippen molar-refractivity contribution >= 4 is 23.5 Å². The molecule has 2 aromatic rings. The van der Waals surface area contributed by atoms with E-state index in [9.17, 15) is 14.4 Å². The van der Waals surface area contributed by atoms with Gasteiger partial charge in [0.15, 0.2) is 0 Å². The van der Waals surface area contributed by atoms with E-state index < -0.39 is 5.54 Å². The minimum Gasteiger partial charge on any atom is -0.338 e. The van der Waals surface area contributed by atoms with Crippen molar-refractivity contribution in [1.29, 1.82) is 0 Å². The quantitative estimate of drug-likeness (QED) is 0.708. The Kier molecular flexibility index (Phi) is 6.76. The predicted octanol–water partition coefficient (Wildman–Crippen LogP) is 3.41. The Hall–Kier alpha value is -3.35. The van der Waals surface area contributed by atoms with Crippen molar-refractivity contribution < 1.29 is 14.4 Å². The second kappa shape index (κ2) is 9.03. The molecule has 0 aromatic heterocycles. The largest absolute Gasteiger partial charge is 0.338 e. The van der Waals surface area contributed by atoms with Crippen LogP contribution in [0.5, 0.6) is 0 Å². The number of urea groups is 1. The van der Waals surface area contributed by atoms with Crippen LogP contribution in [0.2, 0.25) is 0 Å². The molecule has 0 aliphatic carbocycles. The zero-order chi connectivity index (χ0) is 20.7. The Morgan fingerprint density at radius 1 is 0.893 bits per heavy atom. The van der Waals surface area contributed by atoms with Gasteiger partial charge >= 0.3 is 6.03 Å². The molecule has 148 valence electrons. The van der Waals surface area contributed by atoms with Crippen molar-refractivity contribution in [2.24, 2.45) is 0 Å². The van der Waals surface area contributed by atoms with E-state index in [0.717, 1.165) is 0 Å². The van der Waals surface area contributed by atoms with E-state index in [1.807, 2.05) is 33.8 Å². The van der Waals surface area contributed by atoms with E-state index in [-0.39, 0.29) is 17.8 Å². The van der Waals surface area contributed by atoms with Gasteiger partial charge in [-0.25, -0.2) is 9.80 Å². The molecular formula is C21H26N4O3. The molecule has 0 aliphatic rings. The van der Waals surface area contributed by atoms with E-state index in [4.69, 9.17) is 0 Å². The van der Waals surface area contributed by atoms with Crippen LogP contribution < -0.4 is 16.1 Å². The second-order valence-corrected chi connectivity index (χ2v) is 7.18. The van der Waals surface area contributed by atoms with Crippen LogP contribution in [-0.4, -0.2) is 34.9 Å². The molecule has 0 aliphatic heterocycles. The van der Waals surface area contributed by atoms with Gasteiger partial charge in [0.1, 0.15) is 0 Å². The zero-order valence-electron chi connectivity index (χ0n) is 16.6. The summed E-state index contributed by atoms with van der Waals surface area (Å²) in [5.74, 6) is -0.709. The van der Waals surface area contributed by atoms with Crippen LogP contribution in [0.4, 0.5) is 10.5 Å². The van der Waals surface area contributed by atoms with Gasteiger partial charge in [-0.3, -0.25) is 15.0 Å². The Morgan fingerprint density at radius 2 is 1.50 bits per heavy atom. The van der Waals surface area contributed by atoms with Gasteiger partial charge in [-0.05, 0) is 64.1 Å². The SMILES string of the molecule is CCNC(=O)Nc1ccc(C(=O)N(NC(=O)c2ccccc2)C(C)(C)C)cc1. The highest BCUT2D eigenvalue weighted by molar-refractivity contribution is 6.00. The highest BCUT2D eigenvalue weighted by atomic mass is 16.2. The molecule has 7 nitrogen and oxygen atoms in total. The molecule has 2 rings (SSSR count). The summed E-state index contributed by atoms with van der Waals surface area (Å²) in [5, 5.41) is 6.63. The number of carbonyl (C=O) groups is 3. The lowest BCUT2D eigenvalue weighted by Gasteiger charge is -2.35. The lowest BCUT2D eigenvalue weighted by molar-refractivity contribution is 0.0358. The Bertz CT molecular complexity index is 827. The van der Waals surface area contributed by atoms with Crippen LogP contribution in [0.3, 0.4) is 0 Å². The first-order chi connectivity index (χ1) is 13.2. The summed E-state index contributed by atoms with van der Waals surface area (Å²) in [6.07, 6.45) is 0. The number of hydrazine groups is 1. The number of hydrogen-bond donors (Lipinski definition) is 3. The molecule has 0 saturated carbocycles. The van der Waals surface area contributed by atoms with Crippen molar-refractivity contribution in [2.45, 2.75) is 33.2 Å². The summed E-state index contributed by atoms with van der Waals surface area (Å²) < 4.78 is 0. The molecule has 0 radical (unpaired) electrons. The first kappa shape index (κ1) is 21.0. The molecule has 0 atom stereocenters. The summed E-state index contributed by atoms with van der Waals surface area (Å²) in [5.41, 5.74) is 3.49. The number of amides is 4. The van der Waals surface area contributed by atoms with E-state index in [2.05, 4.69) is 16.1 Å². The smallest absolute Gasteiger partial charge is 0.319 e. The fourth-order valence-corrected chi connectivity index (χ4v) is 2.44. The third-order valence-electron chi connectivity index (χ3n) is 3.85. The normalized spacial score (nSPS) is 10.7. The number of benzene rings is 2. The van der Waals surface area contributed by atoms with Gasteiger partial charge in [0.25, 0.3) is 11.8 Å². The van der Waals surface area contributed by atoms with Gasteiger partial charge in [-0.2, -0.15) is 0 Å². The average Bonchev–Trinajstić information content (AvgIpc) is 2.66. The zero-order valence-corrected chi connectivity index (χ0v) is 16.6. The molecule has 0 bridgehead atoms. The topological polar surface area (TPSA) is 90.5 Å². The van der Waals surface area contributed by atoms with Crippen LogP contribution in [0.1, 0.15) is 48.4 Å². The molecule has 0 saturated heterocycles. The molecule has 4 amide bonds. The van der Waals surface area contributed by atoms with E-state index in [1.54, 1.807) is 48.5 Å². The maximum atomic E-state index is 13.0. The Balaban J connectivity index is 2.17. The highest BCUT2D eigenvalue weighted by Gasteiger charge is 2.29. The molecule has 28 heavy (non-hydrogen) atoms. The van der Waals surface area contributed by atoms with E-state index >= 15 is 0 Å². The first-order valence-electron chi connectivity index (χ1n) is 9.08. The summed E-state index contributed by atoms with van der Waals surface area (Å²) in [6, 6.07) is 14.9. The number of anilines is 1. The van der Waals surface area contributed by atoms with Gasteiger partial charge in [-0.1, -0.05) is 18.2 Å². The van der Waals surface area contributed by atoms with Crippen molar-refractivity contribution in [3.8, 4) is 0 Å². The lowest BCUT2D eigenvalue weighted by Crippen LogP contribution is -2.55. The monoisotopic (exact) mass is 382 g/mol. The summed E-state index contributed by atoms with van der Waals surface area (Å²) >= 11 is 0. The van der Waals surface area contributed by atoms with Gasteiger partial charge in [-0.15, -0.1) is 0 Å². The molecule has 7 heteroatoms. The number of nitrogens with one attached hydrogen (secondary N) is 3. The molecule has 2 aromatic carbocycles. The Morgan fingerprint density at radius 3 is 2.04 bits per heavy atom. The Labute approximate surface area is 165 Å². The summed E-state index contributed by atoms with van der Waals surface area (Å²) in [6.45, 7) is 7.85. The number of carbonyl (C=O) groups excluding carboxylic acids is 3. The molecule has 0 spiro atoms. The molecule has 0 heterocycles. The van der Waals surface area contributed by atoms with Crippen LogP contribution in [0, 0.1) is 0 Å². The fraction of sp³-hybridized carbons (Fsp3) is 0.286. The van der Waals surface area contributed by atoms with Crippen LogP contribution in [-0.2, 0) is 0 Å². The molecule has 3 N–H and O–H groups in total. The van der Waals surface area contributed by atoms with E-state index in [1.165, 1.54) is 5.01 Å². The maximum absolute atomic E-state index is 13.0. The minimum atomic E-state index is -0.639. The van der Waals surface area contributed by atoms with E-state index in [0.29, 0.717) is 23.4 Å². The van der Waals surface area contributed by atoms with Crippen molar-refractivity contribution in [3.05, 3.63) is 65.7 Å². The van der Waals surface area contributed by atoms with Crippen LogP contribution >= 0.6 is 0 Å². The maximum Gasteiger partial charge on any atom is 0.319 e. The third kappa shape index (κ3) is 5.57. The van der Waals surface area contributed by atoms with Crippen LogP contribution in [0.15, 0.2) is 54.6 Å². The minimum absolute atomic E-state index is 0.312. The van der Waals surface area contributed by atoms with Gasteiger partial charge < -0.3 is 10.6 Å². The van der Waals surface area contributed by atoms with Gasteiger partial charge in [0.2, 0.25) is 0 Å². The third-order valence-corrected chi connectivity index (χ3v) is 3.85. The standard InChI is InChI=1S/C21H26N4O3/c1-5-22-20(28)23-17-13-11-16(12-14-17)19(27)25(21(2,3)4)24-18(26)15-9-7-6-8-10-15/h6-14H,5H2,1-4H3,(H,24,26)(H2,22,23,28). The van der Waals surface area contributed by atoms with Crippen molar-refractivity contribution in [3.63, 3.8) is 0 Å². The first-order valence-corrected chi connectivity index (χ1v) is 9.08. The molecular weight excluding hydrogens is 356 g/mol. The highest BCUT2D eigenvalue weighted by Crippen LogP contribution is 2.17.